The fourth-order valence-corrected chi connectivity index (χ4v) is 2.77. The topological polar surface area (TPSA) is 72.5 Å². The van der Waals surface area contributed by atoms with Crippen molar-refractivity contribution in [1.82, 2.24) is 0 Å². The summed E-state index contributed by atoms with van der Waals surface area (Å²) in [6.45, 7) is 4.87. The largest absolute Gasteiger partial charge is 0.403 e. The number of sulfone groups is 1. The normalized spacial score (nSPS) is 13.0. The first-order valence-electron chi connectivity index (χ1n) is 6.26. The van der Waals surface area contributed by atoms with Crippen molar-refractivity contribution < 1.29 is 8.42 Å². The van der Waals surface area contributed by atoms with Gasteiger partial charge in [-0.2, -0.15) is 0 Å². The maximum absolute atomic E-state index is 12.4. The molecule has 0 fully saturated rings. The summed E-state index contributed by atoms with van der Waals surface area (Å²) >= 11 is 5.94. The zero-order valence-electron chi connectivity index (χ0n) is 12.1. The van der Waals surface area contributed by atoms with E-state index in [9.17, 15) is 8.42 Å². The van der Waals surface area contributed by atoms with Crippen LogP contribution in [-0.4, -0.2) is 19.4 Å². The van der Waals surface area contributed by atoms with E-state index in [1.807, 2.05) is 0 Å². The molecule has 0 unspecified atom stereocenters. The first-order chi connectivity index (χ1) is 9.84. The minimum Gasteiger partial charge on any atom is -0.403 e. The van der Waals surface area contributed by atoms with Crippen molar-refractivity contribution in [1.29, 1.82) is 0 Å². The summed E-state index contributed by atoms with van der Waals surface area (Å²) in [6, 6.07) is 6.48. The van der Waals surface area contributed by atoms with E-state index in [1.165, 1.54) is 12.3 Å². The van der Waals surface area contributed by atoms with Crippen LogP contribution in [0.3, 0.4) is 0 Å². The van der Waals surface area contributed by atoms with E-state index in [0.29, 0.717) is 5.69 Å². The van der Waals surface area contributed by atoms with Crippen molar-refractivity contribution in [3.05, 3.63) is 35.5 Å². The summed E-state index contributed by atoms with van der Waals surface area (Å²) in [5.41, 5.74) is 5.89. The van der Waals surface area contributed by atoms with Gasteiger partial charge in [0.1, 0.15) is 5.71 Å². The third-order valence-electron chi connectivity index (χ3n) is 2.64. The zero-order valence-corrected chi connectivity index (χ0v) is 13.7. The minimum absolute atomic E-state index is 0.150. The fourth-order valence-electron chi connectivity index (χ4n) is 1.50. The van der Waals surface area contributed by atoms with E-state index >= 15 is 0 Å². The van der Waals surface area contributed by atoms with Crippen LogP contribution in [0.2, 0.25) is 0 Å². The fraction of sp³-hybridized carbons (Fsp3) is 0.267. The summed E-state index contributed by atoms with van der Waals surface area (Å²) in [4.78, 5) is 4.40. The van der Waals surface area contributed by atoms with Crippen LogP contribution in [0.25, 0.3) is 0 Å². The molecule has 0 saturated carbocycles. The van der Waals surface area contributed by atoms with Gasteiger partial charge in [0.25, 0.3) is 0 Å². The summed E-state index contributed by atoms with van der Waals surface area (Å²) in [5, 5.41) is -0.379. The molecule has 0 heterocycles. The Morgan fingerprint density at radius 3 is 2.52 bits per heavy atom. The van der Waals surface area contributed by atoms with Crippen molar-refractivity contribution in [3.63, 3.8) is 0 Å². The highest BCUT2D eigenvalue weighted by Gasteiger charge is 2.22. The van der Waals surface area contributed by atoms with Gasteiger partial charge < -0.3 is 5.73 Å². The molecular weight excluding hydrogens is 308 g/mol. The first-order valence-corrected chi connectivity index (χ1v) is 8.19. The highest BCUT2D eigenvalue weighted by molar-refractivity contribution is 7.92. The molecule has 0 aliphatic rings. The summed E-state index contributed by atoms with van der Waals surface area (Å²) in [5.74, 6) is 5.39. The molecule has 0 bridgehead atoms. The summed E-state index contributed by atoms with van der Waals surface area (Å²) in [6.07, 6.45) is 1.17. The average Bonchev–Trinajstić information content (AvgIpc) is 2.46. The highest BCUT2D eigenvalue weighted by Crippen LogP contribution is 2.28. The maximum Gasteiger partial charge on any atom is 0.182 e. The van der Waals surface area contributed by atoms with Gasteiger partial charge >= 0.3 is 0 Å². The van der Waals surface area contributed by atoms with Gasteiger partial charge in [0.05, 0.1) is 20.9 Å². The molecule has 0 saturated heterocycles. The Morgan fingerprint density at radius 2 is 2.00 bits per heavy atom. The van der Waals surface area contributed by atoms with E-state index in [0.717, 1.165) is 0 Å². The highest BCUT2D eigenvalue weighted by atomic mass is 35.5. The second-order valence-corrected chi connectivity index (χ2v) is 7.29. The van der Waals surface area contributed by atoms with E-state index < -0.39 is 15.1 Å². The van der Waals surface area contributed by atoms with Crippen LogP contribution in [0, 0.1) is 11.8 Å². The Labute approximate surface area is 130 Å². The number of hydrogen-bond donors (Lipinski definition) is 1. The average molecular weight is 325 g/mol. The molecule has 0 aliphatic heterocycles. The Hall–Kier alpha value is -1.77. The Balaban J connectivity index is 3.55. The molecule has 0 atom stereocenters. The second kappa shape index (κ2) is 7.30. The molecule has 6 heteroatoms. The molecule has 112 valence electrons. The number of halogens is 1. The monoisotopic (exact) mass is 324 g/mol. The summed E-state index contributed by atoms with van der Waals surface area (Å²) in [7, 11) is -3.45. The standard InChI is InChI=1S/C15H17ClN2O2S/c1-4-7-13(12(16)10-17)18-14-8-5-6-9-15(14)21(19,20)11(2)3/h5-6,8-11H,17H2,1-3H3. The molecule has 0 aliphatic carbocycles. The van der Waals surface area contributed by atoms with Gasteiger partial charge in [-0.1, -0.05) is 29.7 Å². The van der Waals surface area contributed by atoms with Crippen molar-refractivity contribution in [2.75, 3.05) is 0 Å². The number of allylic oxidation sites excluding steroid dienone is 1. The quantitative estimate of drug-likeness (QED) is 0.683. The zero-order chi connectivity index (χ0) is 16.0. The van der Waals surface area contributed by atoms with Gasteiger partial charge in [-0.15, -0.1) is 0 Å². The lowest BCUT2D eigenvalue weighted by Gasteiger charge is -2.10. The third-order valence-corrected chi connectivity index (χ3v) is 5.15. The van der Waals surface area contributed by atoms with Crippen LogP contribution in [-0.2, 0) is 9.84 Å². The van der Waals surface area contributed by atoms with Crippen LogP contribution in [0.4, 0.5) is 5.69 Å². The third kappa shape index (κ3) is 4.10. The number of hydrogen-bond acceptors (Lipinski definition) is 4. The Bertz CT molecular complexity index is 738. The molecule has 0 amide bonds. The Morgan fingerprint density at radius 1 is 1.38 bits per heavy atom. The molecule has 1 aromatic carbocycles. The number of benzene rings is 1. The predicted octanol–water partition coefficient (Wildman–Crippen LogP) is 3.00. The molecule has 1 aromatic rings. The van der Waals surface area contributed by atoms with Crippen LogP contribution >= 0.6 is 11.6 Å². The molecule has 1 rings (SSSR count). The van der Waals surface area contributed by atoms with Gasteiger partial charge in [-0.3, -0.25) is 0 Å². The van der Waals surface area contributed by atoms with E-state index in [1.54, 1.807) is 39.0 Å². The number of nitrogens with zero attached hydrogens (tertiary/aromatic N) is 1. The van der Waals surface area contributed by atoms with Crippen LogP contribution in [0.5, 0.6) is 0 Å². The van der Waals surface area contributed by atoms with Gasteiger partial charge in [0.2, 0.25) is 0 Å². The van der Waals surface area contributed by atoms with Crippen molar-refractivity contribution >= 4 is 32.8 Å². The lowest BCUT2D eigenvalue weighted by molar-refractivity contribution is 0.587. The van der Waals surface area contributed by atoms with Gasteiger partial charge in [0, 0.05) is 6.20 Å². The van der Waals surface area contributed by atoms with Crippen LogP contribution in [0.15, 0.2) is 45.4 Å². The second-order valence-electron chi connectivity index (χ2n) is 4.41. The molecule has 2 N–H and O–H groups in total. The lowest BCUT2D eigenvalue weighted by atomic mass is 10.3. The maximum atomic E-state index is 12.4. The molecule has 0 aromatic heterocycles. The molecule has 4 nitrogen and oxygen atoms in total. The van der Waals surface area contributed by atoms with Crippen molar-refractivity contribution in [2.45, 2.75) is 30.9 Å². The van der Waals surface area contributed by atoms with E-state index in [2.05, 4.69) is 16.8 Å². The SMILES string of the molecule is CC#CC(=Nc1ccccc1S(=O)(=O)C(C)C)C(Cl)=CN. The Kier molecular flexibility index (Phi) is 6.01. The van der Waals surface area contributed by atoms with Crippen molar-refractivity contribution in [3.8, 4) is 11.8 Å². The summed E-state index contributed by atoms with van der Waals surface area (Å²) < 4.78 is 24.7. The smallest absolute Gasteiger partial charge is 0.182 e. The first kappa shape index (κ1) is 17.3. The predicted molar refractivity (Wildman–Crippen MR) is 87.4 cm³/mol. The van der Waals surface area contributed by atoms with Crippen LogP contribution < -0.4 is 5.73 Å². The minimum atomic E-state index is -3.45. The van der Waals surface area contributed by atoms with Crippen molar-refractivity contribution in [2.24, 2.45) is 10.7 Å². The van der Waals surface area contributed by atoms with Crippen LogP contribution in [0.1, 0.15) is 20.8 Å². The lowest BCUT2D eigenvalue weighted by Crippen LogP contribution is -2.14. The van der Waals surface area contributed by atoms with Gasteiger partial charge in [-0.05, 0) is 38.8 Å². The van der Waals surface area contributed by atoms with Gasteiger partial charge in [0.15, 0.2) is 9.84 Å². The van der Waals surface area contributed by atoms with E-state index in [4.69, 9.17) is 17.3 Å². The molecule has 0 spiro atoms. The number of para-hydroxylation sites is 1. The number of aliphatic imine (C=N–C) groups is 1. The number of rotatable bonds is 4. The molecule has 21 heavy (non-hydrogen) atoms. The number of nitrogens with two attached hydrogens (primary N) is 1. The molecular formula is C15H17ClN2O2S. The van der Waals surface area contributed by atoms with E-state index in [-0.39, 0.29) is 15.6 Å². The van der Waals surface area contributed by atoms with Gasteiger partial charge in [-0.25, -0.2) is 13.4 Å². The molecule has 0 radical (unpaired) electrons.